The highest BCUT2D eigenvalue weighted by Crippen LogP contribution is 2.15. The summed E-state index contributed by atoms with van der Waals surface area (Å²) < 4.78 is 0. The zero-order valence-electron chi connectivity index (χ0n) is 11.2. The Kier molecular flexibility index (Phi) is 5.75. The van der Waals surface area contributed by atoms with E-state index < -0.39 is 0 Å². The summed E-state index contributed by atoms with van der Waals surface area (Å²) in [4.78, 5) is 13.2. The Labute approximate surface area is 105 Å². The molecule has 2 nitrogen and oxygen atoms in total. The molecule has 0 unspecified atom stereocenters. The van der Waals surface area contributed by atoms with Gasteiger partial charge < -0.3 is 9.69 Å². The van der Waals surface area contributed by atoms with Gasteiger partial charge in [0.2, 0.25) is 0 Å². The molecule has 0 aliphatic carbocycles. The lowest BCUT2D eigenvalue weighted by Crippen LogP contribution is -2.23. The van der Waals surface area contributed by atoms with Crippen molar-refractivity contribution in [3.8, 4) is 0 Å². The zero-order valence-corrected chi connectivity index (χ0v) is 11.2. The Morgan fingerprint density at radius 3 is 2.35 bits per heavy atom. The minimum Gasteiger partial charge on any atom is -0.372 e. The monoisotopic (exact) mass is 233 g/mol. The van der Waals surface area contributed by atoms with Crippen molar-refractivity contribution in [2.24, 2.45) is 0 Å². The quantitative estimate of drug-likeness (QED) is 0.671. The third-order valence-electron chi connectivity index (χ3n) is 2.99. The maximum Gasteiger partial charge on any atom is 0.129 e. The van der Waals surface area contributed by atoms with Gasteiger partial charge in [-0.05, 0) is 45.7 Å². The number of benzene rings is 1. The average Bonchev–Trinajstić information content (AvgIpc) is 2.30. The van der Waals surface area contributed by atoms with Crippen molar-refractivity contribution in [3.63, 3.8) is 0 Å². The van der Waals surface area contributed by atoms with Crippen LogP contribution in [0.25, 0.3) is 0 Å². The van der Waals surface area contributed by atoms with Crippen LogP contribution in [-0.4, -0.2) is 18.9 Å². The van der Waals surface area contributed by atoms with Crippen LogP contribution in [0.1, 0.15) is 38.7 Å². The summed E-state index contributed by atoms with van der Waals surface area (Å²) in [5.41, 5.74) is 2.57. The van der Waals surface area contributed by atoms with Crippen LogP contribution in [-0.2, 0) is 4.79 Å². The molecule has 0 saturated heterocycles. The second kappa shape index (κ2) is 7.10. The molecule has 0 radical (unpaired) electrons. The lowest BCUT2D eigenvalue weighted by atomic mass is 10.1. The molecule has 0 N–H and O–H groups in total. The van der Waals surface area contributed by atoms with Gasteiger partial charge in [0.1, 0.15) is 5.78 Å². The topological polar surface area (TPSA) is 20.3 Å². The molecule has 0 amide bonds. The Morgan fingerprint density at radius 1 is 1.18 bits per heavy atom. The molecule has 0 aliphatic rings. The first-order valence-corrected chi connectivity index (χ1v) is 6.44. The van der Waals surface area contributed by atoms with E-state index in [1.807, 2.05) is 0 Å². The van der Waals surface area contributed by atoms with E-state index in [1.54, 1.807) is 6.92 Å². The van der Waals surface area contributed by atoms with Crippen molar-refractivity contribution < 1.29 is 4.79 Å². The predicted molar refractivity (Wildman–Crippen MR) is 73.6 cm³/mol. The second-order valence-electron chi connectivity index (χ2n) is 4.57. The van der Waals surface area contributed by atoms with E-state index in [9.17, 15) is 4.79 Å². The van der Waals surface area contributed by atoms with Gasteiger partial charge in [0, 0.05) is 25.2 Å². The Hall–Kier alpha value is -1.31. The molecule has 1 aromatic rings. The maximum atomic E-state index is 10.9. The molecule has 0 saturated carbocycles. The van der Waals surface area contributed by atoms with Crippen LogP contribution in [0.2, 0.25) is 0 Å². The van der Waals surface area contributed by atoms with Crippen LogP contribution in [0, 0.1) is 6.92 Å². The van der Waals surface area contributed by atoms with Gasteiger partial charge in [-0.1, -0.05) is 17.7 Å². The van der Waals surface area contributed by atoms with Gasteiger partial charge in [-0.3, -0.25) is 0 Å². The number of hydrogen-bond acceptors (Lipinski definition) is 2. The number of unbranched alkanes of at least 4 members (excludes halogenated alkanes) is 1. The van der Waals surface area contributed by atoms with Crippen LogP contribution >= 0.6 is 0 Å². The average molecular weight is 233 g/mol. The maximum absolute atomic E-state index is 10.9. The van der Waals surface area contributed by atoms with Gasteiger partial charge in [0.05, 0.1) is 0 Å². The molecule has 0 atom stereocenters. The van der Waals surface area contributed by atoms with Crippen LogP contribution in [0.5, 0.6) is 0 Å². The van der Waals surface area contributed by atoms with E-state index in [-0.39, 0.29) is 0 Å². The van der Waals surface area contributed by atoms with Gasteiger partial charge in [-0.25, -0.2) is 0 Å². The Morgan fingerprint density at radius 2 is 1.82 bits per heavy atom. The lowest BCUT2D eigenvalue weighted by Gasteiger charge is -2.23. The fourth-order valence-corrected chi connectivity index (χ4v) is 1.90. The number of rotatable bonds is 7. The van der Waals surface area contributed by atoms with Crippen molar-refractivity contribution in [3.05, 3.63) is 29.8 Å². The van der Waals surface area contributed by atoms with Gasteiger partial charge in [-0.15, -0.1) is 0 Å². The summed E-state index contributed by atoms with van der Waals surface area (Å²) in [6.07, 6.45) is 2.80. The summed E-state index contributed by atoms with van der Waals surface area (Å²) in [5, 5.41) is 0. The first-order valence-electron chi connectivity index (χ1n) is 6.44. The highest BCUT2D eigenvalue weighted by Gasteiger charge is 2.03. The first-order chi connectivity index (χ1) is 8.13. The summed E-state index contributed by atoms with van der Waals surface area (Å²) in [6, 6.07) is 8.63. The van der Waals surface area contributed by atoms with Crippen LogP contribution in [0.15, 0.2) is 24.3 Å². The van der Waals surface area contributed by atoms with E-state index in [0.29, 0.717) is 12.2 Å². The molecule has 1 rings (SSSR count). The number of carbonyl (C=O) groups is 1. The van der Waals surface area contributed by atoms with Crippen LogP contribution < -0.4 is 4.90 Å². The zero-order chi connectivity index (χ0) is 12.7. The van der Waals surface area contributed by atoms with Crippen molar-refractivity contribution in [1.82, 2.24) is 0 Å². The van der Waals surface area contributed by atoms with Crippen LogP contribution in [0.3, 0.4) is 0 Å². The highest BCUT2D eigenvalue weighted by molar-refractivity contribution is 5.75. The van der Waals surface area contributed by atoms with E-state index >= 15 is 0 Å². The molecule has 0 aliphatic heterocycles. The van der Waals surface area contributed by atoms with Crippen molar-refractivity contribution >= 4 is 11.5 Å². The molecule has 0 spiro atoms. The van der Waals surface area contributed by atoms with Crippen molar-refractivity contribution in [2.45, 2.75) is 40.0 Å². The first kappa shape index (κ1) is 13.8. The van der Waals surface area contributed by atoms with Gasteiger partial charge in [0.25, 0.3) is 0 Å². The van der Waals surface area contributed by atoms with E-state index in [4.69, 9.17) is 0 Å². The molecule has 2 heteroatoms. The molecule has 0 heterocycles. The van der Waals surface area contributed by atoms with Crippen LogP contribution in [0.4, 0.5) is 5.69 Å². The number of Topliss-reactive ketones (excluding diaryl/α,β-unsaturated/α-hetero) is 1. The van der Waals surface area contributed by atoms with Crippen molar-refractivity contribution in [1.29, 1.82) is 0 Å². The largest absolute Gasteiger partial charge is 0.372 e. The molecular formula is C15H23NO. The Bertz CT molecular complexity index is 342. The van der Waals surface area contributed by atoms with E-state index in [1.165, 1.54) is 11.3 Å². The Balaban J connectivity index is 2.43. The van der Waals surface area contributed by atoms with E-state index in [0.717, 1.165) is 25.9 Å². The highest BCUT2D eigenvalue weighted by atomic mass is 16.1. The molecule has 0 bridgehead atoms. The smallest absolute Gasteiger partial charge is 0.129 e. The predicted octanol–water partition coefficient (Wildman–Crippen LogP) is 3.58. The normalized spacial score (nSPS) is 10.3. The third-order valence-corrected chi connectivity index (χ3v) is 2.99. The summed E-state index contributed by atoms with van der Waals surface area (Å²) in [7, 11) is 0. The third kappa shape index (κ3) is 5.03. The number of hydrogen-bond donors (Lipinski definition) is 0. The summed E-state index contributed by atoms with van der Waals surface area (Å²) in [6.45, 7) is 7.99. The van der Waals surface area contributed by atoms with Gasteiger partial charge >= 0.3 is 0 Å². The molecule has 0 fully saturated rings. The molecular weight excluding hydrogens is 210 g/mol. The SMILES string of the molecule is CCN(CCCCC(C)=O)c1ccc(C)cc1. The number of nitrogens with zero attached hydrogens (tertiary/aromatic N) is 1. The minimum absolute atomic E-state index is 0.295. The molecule has 94 valence electrons. The number of carbonyl (C=O) groups excluding carboxylic acids is 1. The minimum atomic E-state index is 0.295. The standard InChI is InChI=1S/C15H23NO/c1-4-16(12-6-5-7-14(3)17)15-10-8-13(2)9-11-15/h8-11H,4-7,12H2,1-3H3. The fourth-order valence-electron chi connectivity index (χ4n) is 1.90. The molecule has 17 heavy (non-hydrogen) atoms. The number of anilines is 1. The van der Waals surface area contributed by atoms with Crippen molar-refractivity contribution in [2.75, 3.05) is 18.0 Å². The van der Waals surface area contributed by atoms with E-state index in [2.05, 4.69) is 43.0 Å². The van der Waals surface area contributed by atoms with Gasteiger partial charge in [-0.2, -0.15) is 0 Å². The number of aryl methyl sites for hydroxylation is 1. The molecule has 0 aromatic heterocycles. The number of ketones is 1. The van der Waals surface area contributed by atoms with Gasteiger partial charge in [0.15, 0.2) is 0 Å². The molecule has 1 aromatic carbocycles. The fraction of sp³-hybridized carbons (Fsp3) is 0.533. The lowest BCUT2D eigenvalue weighted by molar-refractivity contribution is -0.117. The summed E-state index contributed by atoms with van der Waals surface area (Å²) in [5.74, 6) is 0.295. The second-order valence-corrected chi connectivity index (χ2v) is 4.57. The summed E-state index contributed by atoms with van der Waals surface area (Å²) >= 11 is 0.